The SMILES string of the molecule is CCCCc1ccc(N2C(=O)C[C@@H](N(C)CC(=O)Nc3ccccc3Cl)C2=O)cc1. The molecule has 0 aliphatic carbocycles. The summed E-state index contributed by atoms with van der Waals surface area (Å²) in [5, 5.41) is 3.17. The van der Waals surface area contributed by atoms with E-state index in [9.17, 15) is 14.4 Å². The summed E-state index contributed by atoms with van der Waals surface area (Å²) in [6.07, 6.45) is 3.24. The van der Waals surface area contributed by atoms with Crippen molar-refractivity contribution in [3.8, 4) is 0 Å². The van der Waals surface area contributed by atoms with E-state index in [4.69, 9.17) is 11.6 Å². The number of para-hydroxylation sites is 1. The van der Waals surface area contributed by atoms with Gasteiger partial charge in [-0.25, -0.2) is 4.90 Å². The second-order valence-electron chi connectivity index (χ2n) is 7.50. The van der Waals surface area contributed by atoms with Crippen LogP contribution in [0.1, 0.15) is 31.7 Å². The molecule has 6 nitrogen and oxygen atoms in total. The minimum atomic E-state index is -0.672. The lowest BCUT2D eigenvalue weighted by Crippen LogP contribution is -2.43. The van der Waals surface area contributed by atoms with Gasteiger partial charge in [0, 0.05) is 0 Å². The summed E-state index contributed by atoms with van der Waals surface area (Å²) in [5.41, 5.74) is 2.27. The third kappa shape index (κ3) is 5.07. The molecule has 3 amide bonds. The molecule has 1 N–H and O–H groups in total. The Labute approximate surface area is 181 Å². The highest BCUT2D eigenvalue weighted by molar-refractivity contribution is 6.33. The fraction of sp³-hybridized carbons (Fsp3) is 0.348. The molecule has 158 valence electrons. The Bertz CT molecular complexity index is 930. The number of hydrogen-bond acceptors (Lipinski definition) is 4. The fourth-order valence-corrected chi connectivity index (χ4v) is 3.70. The number of rotatable bonds is 8. The molecular formula is C23H26ClN3O3. The monoisotopic (exact) mass is 427 g/mol. The highest BCUT2D eigenvalue weighted by atomic mass is 35.5. The molecule has 1 aliphatic rings. The van der Waals surface area contributed by atoms with E-state index >= 15 is 0 Å². The molecule has 3 rings (SSSR count). The lowest BCUT2D eigenvalue weighted by molar-refractivity contribution is -0.123. The molecule has 7 heteroatoms. The van der Waals surface area contributed by atoms with Gasteiger partial charge in [0.25, 0.3) is 5.91 Å². The Balaban J connectivity index is 1.63. The number of aryl methyl sites for hydroxylation is 1. The number of likely N-dealkylation sites (N-methyl/N-ethyl adjacent to an activating group) is 1. The van der Waals surface area contributed by atoms with Crippen LogP contribution in [0.5, 0.6) is 0 Å². The number of halogens is 1. The summed E-state index contributed by atoms with van der Waals surface area (Å²) in [7, 11) is 1.67. The number of carbonyl (C=O) groups excluding carboxylic acids is 3. The molecule has 1 saturated heterocycles. The molecule has 0 aromatic heterocycles. The van der Waals surface area contributed by atoms with E-state index in [1.54, 1.807) is 36.2 Å². The van der Waals surface area contributed by atoms with Crippen LogP contribution in [0, 0.1) is 0 Å². The topological polar surface area (TPSA) is 69.7 Å². The van der Waals surface area contributed by atoms with Crippen molar-refractivity contribution in [1.82, 2.24) is 4.90 Å². The van der Waals surface area contributed by atoms with Gasteiger partial charge in [-0.15, -0.1) is 0 Å². The molecule has 0 bridgehead atoms. The largest absolute Gasteiger partial charge is 0.324 e. The fourth-order valence-electron chi connectivity index (χ4n) is 3.51. The molecule has 0 saturated carbocycles. The van der Waals surface area contributed by atoms with Gasteiger partial charge in [0.2, 0.25) is 11.8 Å². The predicted molar refractivity (Wildman–Crippen MR) is 119 cm³/mol. The van der Waals surface area contributed by atoms with Gasteiger partial charge in [-0.2, -0.15) is 0 Å². The molecule has 0 unspecified atom stereocenters. The number of unbranched alkanes of at least 4 members (excludes halogenated alkanes) is 1. The van der Waals surface area contributed by atoms with E-state index in [1.807, 2.05) is 24.3 Å². The van der Waals surface area contributed by atoms with Crippen LogP contribution >= 0.6 is 11.6 Å². The number of benzene rings is 2. The molecule has 1 heterocycles. The van der Waals surface area contributed by atoms with Gasteiger partial charge in [0.1, 0.15) is 0 Å². The van der Waals surface area contributed by atoms with Gasteiger partial charge in [-0.3, -0.25) is 19.3 Å². The van der Waals surface area contributed by atoms with E-state index in [0.717, 1.165) is 19.3 Å². The smallest absolute Gasteiger partial charge is 0.251 e. The van der Waals surface area contributed by atoms with Crippen LogP contribution in [0.2, 0.25) is 5.02 Å². The van der Waals surface area contributed by atoms with Crippen LogP contribution in [0.4, 0.5) is 11.4 Å². The molecule has 0 radical (unpaired) electrons. The maximum atomic E-state index is 12.9. The van der Waals surface area contributed by atoms with E-state index < -0.39 is 6.04 Å². The predicted octanol–water partition coefficient (Wildman–Crippen LogP) is 3.89. The number of carbonyl (C=O) groups is 3. The summed E-state index contributed by atoms with van der Waals surface area (Å²) in [5.74, 6) is -0.872. The van der Waals surface area contributed by atoms with Gasteiger partial charge in [0.05, 0.1) is 35.4 Å². The zero-order valence-electron chi connectivity index (χ0n) is 17.2. The lowest BCUT2D eigenvalue weighted by atomic mass is 10.1. The Morgan fingerprint density at radius 1 is 1.17 bits per heavy atom. The van der Waals surface area contributed by atoms with E-state index in [-0.39, 0.29) is 30.7 Å². The average molecular weight is 428 g/mol. The maximum absolute atomic E-state index is 12.9. The third-order valence-electron chi connectivity index (χ3n) is 5.21. The summed E-state index contributed by atoms with van der Waals surface area (Å²) >= 11 is 6.07. The van der Waals surface area contributed by atoms with E-state index in [1.165, 1.54) is 10.5 Å². The molecular weight excluding hydrogens is 402 g/mol. The van der Waals surface area contributed by atoms with Gasteiger partial charge in [-0.05, 0) is 49.7 Å². The van der Waals surface area contributed by atoms with Crippen molar-refractivity contribution >= 4 is 40.7 Å². The first kappa shape index (κ1) is 22.0. The lowest BCUT2D eigenvalue weighted by Gasteiger charge is -2.22. The van der Waals surface area contributed by atoms with Crippen molar-refractivity contribution in [2.75, 3.05) is 23.8 Å². The van der Waals surface area contributed by atoms with Gasteiger partial charge >= 0.3 is 0 Å². The quantitative estimate of drug-likeness (QED) is 0.649. The maximum Gasteiger partial charge on any atom is 0.251 e. The first-order valence-corrected chi connectivity index (χ1v) is 10.5. The Kier molecular flexibility index (Phi) is 7.24. The van der Waals surface area contributed by atoms with Crippen LogP contribution in [-0.4, -0.2) is 42.3 Å². The van der Waals surface area contributed by atoms with Crippen LogP contribution in [0.25, 0.3) is 0 Å². The molecule has 1 fully saturated rings. The zero-order valence-corrected chi connectivity index (χ0v) is 18.0. The summed E-state index contributed by atoms with van der Waals surface area (Å²) in [6, 6.07) is 13.8. The molecule has 1 atom stereocenters. The third-order valence-corrected chi connectivity index (χ3v) is 5.54. The number of anilines is 2. The van der Waals surface area contributed by atoms with Crippen molar-refractivity contribution in [1.29, 1.82) is 0 Å². The minimum Gasteiger partial charge on any atom is -0.324 e. The highest BCUT2D eigenvalue weighted by Crippen LogP contribution is 2.26. The van der Waals surface area contributed by atoms with Crippen molar-refractivity contribution in [3.63, 3.8) is 0 Å². The first-order chi connectivity index (χ1) is 14.4. The van der Waals surface area contributed by atoms with Crippen molar-refractivity contribution < 1.29 is 14.4 Å². The minimum absolute atomic E-state index is 0.0291. The molecule has 2 aromatic rings. The molecule has 1 aliphatic heterocycles. The Morgan fingerprint density at radius 3 is 2.53 bits per heavy atom. The average Bonchev–Trinajstić information content (AvgIpc) is 3.03. The number of nitrogens with one attached hydrogen (secondary N) is 1. The van der Waals surface area contributed by atoms with Crippen molar-refractivity contribution in [3.05, 3.63) is 59.1 Å². The Hall–Kier alpha value is -2.70. The van der Waals surface area contributed by atoms with E-state index in [0.29, 0.717) is 16.4 Å². The number of amides is 3. The standard InChI is InChI=1S/C23H26ClN3O3/c1-3-4-7-16-10-12-17(13-11-16)27-22(29)14-20(23(27)30)26(2)15-21(28)25-19-9-6-5-8-18(19)24/h5-6,8-13,20H,3-4,7,14-15H2,1-2H3,(H,25,28)/t20-/m1/s1. The number of nitrogens with zero attached hydrogens (tertiary/aromatic N) is 2. The summed E-state index contributed by atoms with van der Waals surface area (Å²) in [4.78, 5) is 40.7. The summed E-state index contributed by atoms with van der Waals surface area (Å²) < 4.78 is 0. The second-order valence-corrected chi connectivity index (χ2v) is 7.91. The Morgan fingerprint density at radius 2 is 1.87 bits per heavy atom. The molecule has 2 aromatic carbocycles. The summed E-state index contributed by atoms with van der Waals surface area (Å²) in [6.45, 7) is 2.11. The van der Waals surface area contributed by atoms with Crippen LogP contribution in [0.15, 0.2) is 48.5 Å². The second kappa shape index (κ2) is 9.87. The number of imide groups is 1. The van der Waals surface area contributed by atoms with Crippen LogP contribution < -0.4 is 10.2 Å². The van der Waals surface area contributed by atoms with Gasteiger partial charge in [0.15, 0.2) is 0 Å². The van der Waals surface area contributed by atoms with Crippen LogP contribution in [-0.2, 0) is 20.8 Å². The van der Waals surface area contributed by atoms with Gasteiger partial charge in [-0.1, -0.05) is 49.2 Å². The van der Waals surface area contributed by atoms with Crippen molar-refractivity contribution in [2.24, 2.45) is 0 Å². The normalized spacial score (nSPS) is 16.4. The molecule has 0 spiro atoms. The first-order valence-electron chi connectivity index (χ1n) is 10.1. The number of hydrogen-bond donors (Lipinski definition) is 1. The van der Waals surface area contributed by atoms with Gasteiger partial charge < -0.3 is 5.32 Å². The zero-order chi connectivity index (χ0) is 21.7. The van der Waals surface area contributed by atoms with Crippen LogP contribution in [0.3, 0.4) is 0 Å². The highest BCUT2D eigenvalue weighted by Gasteiger charge is 2.42. The van der Waals surface area contributed by atoms with E-state index in [2.05, 4.69) is 12.2 Å². The van der Waals surface area contributed by atoms with Crippen molar-refractivity contribution in [2.45, 2.75) is 38.6 Å². The molecule has 30 heavy (non-hydrogen) atoms.